The Morgan fingerprint density at radius 1 is 0.333 bits per heavy atom. The number of aromatic nitrogens is 2. The topological polar surface area (TPSA) is 9.86 Å². The minimum Gasteiger partial charge on any atom is -0.309 e. The molecule has 0 radical (unpaired) electrons. The highest BCUT2D eigenvalue weighted by atomic mass is 15.0. The van der Waals surface area contributed by atoms with Crippen LogP contribution >= 0.6 is 0 Å². The fraction of sp³-hybridized carbons (Fsp3) is 0.0204. The van der Waals surface area contributed by atoms with Crippen LogP contribution in [0.3, 0.4) is 0 Å². The van der Waals surface area contributed by atoms with Crippen molar-refractivity contribution >= 4 is 43.6 Å². The van der Waals surface area contributed by atoms with Gasteiger partial charge in [0.25, 0.3) is 0 Å². The zero-order chi connectivity index (χ0) is 60.9. The lowest BCUT2D eigenvalue weighted by atomic mass is 9.99. The average molecular weight is 682 g/mol. The van der Waals surface area contributed by atoms with Gasteiger partial charge in [0, 0.05) is 32.9 Å². The molecule has 10 rings (SSSR count). The fourth-order valence-corrected chi connectivity index (χ4v) is 5.83. The highest BCUT2D eigenvalue weighted by Crippen LogP contribution is 2.42. The van der Waals surface area contributed by atoms with Gasteiger partial charge < -0.3 is 9.13 Å². The van der Waals surface area contributed by atoms with Crippen molar-refractivity contribution in [3.05, 3.63) is 193 Å². The number of para-hydroxylation sites is 2. The van der Waals surface area contributed by atoms with E-state index in [1.165, 1.54) is 6.92 Å². The first-order valence-corrected chi connectivity index (χ1v) is 15.1. The third-order valence-corrected chi connectivity index (χ3v) is 8.05. The van der Waals surface area contributed by atoms with Crippen molar-refractivity contribution in [1.82, 2.24) is 9.13 Å². The lowest BCUT2D eigenvalue weighted by Crippen LogP contribution is -1.95. The van der Waals surface area contributed by atoms with Crippen molar-refractivity contribution in [2.75, 3.05) is 0 Å². The summed E-state index contributed by atoms with van der Waals surface area (Å²) in [4.78, 5) is 0. The van der Waals surface area contributed by atoms with Crippen molar-refractivity contribution in [2.24, 2.45) is 0 Å². The highest BCUT2D eigenvalue weighted by molar-refractivity contribution is 6.28. The molecule has 0 aliphatic heterocycles. The summed E-state index contributed by atoms with van der Waals surface area (Å²) in [6, 6.07) is -29.4. The minimum absolute atomic E-state index is 0.0920. The maximum atomic E-state index is 9.83. The molecule has 0 unspecified atom stereocenters. The van der Waals surface area contributed by atoms with E-state index in [9.17, 15) is 19.2 Å². The van der Waals surface area contributed by atoms with Gasteiger partial charge in [0.1, 0.15) is 0 Å². The van der Waals surface area contributed by atoms with Crippen LogP contribution in [0, 0.1) is 6.92 Å². The molecular weight excluding hydrogens is 617 g/mol. The van der Waals surface area contributed by atoms with Crippen molar-refractivity contribution in [3.63, 3.8) is 0 Å². The van der Waals surface area contributed by atoms with Crippen LogP contribution in [0.25, 0.3) is 88.4 Å². The number of fused-ring (bicyclic) bond motifs is 7. The molecule has 2 heteroatoms. The maximum Gasteiger partial charge on any atom is 0.0651 e. The molecule has 0 aliphatic rings. The lowest BCUT2D eigenvalue weighted by molar-refractivity contribution is 1.17. The third kappa shape index (κ3) is 4.80. The number of hydrogen-bond donors (Lipinski definition) is 0. The predicted molar refractivity (Wildman–Crippen MR) is 216 cm³/mol. The molecule has 0 fully saturated rings. The maximum absolute atomic E-state index is 9.83. The zero-order valence-corrected chi connectivity index (χ0v) is 25.9. The Bertz CT molecular complexity index is 4590. The number of benzene rings is 8. The summed E-state index contributed by atoms with van der Waals surface area (Å²) in [5, 5.41) is -2.39. The molecule has 0 atom stereocenters. The normalized spacial score (nSPS) is 20.1. The van der Waals surface area contributed by atoms with Crippen molar-refractivity contribution in [2.45, 2.75) is 6.92 Å². The Morgan fingerprint density at radius 3 is 1.35 bits per heavy atom. The largest absolute Gasteiger partial charge is 0.309 e. The van der Waals surface area contributed by atoms with Gasteiger partial charge in [0.2, 0.25) is 0 Å². The van der Waals surface area contributed by atoms with Crippen molar-refractivity contribution in [1.29, 1.82) is 0 Å². The van der Waals surface area contributed by atoms with Crippen LogP contribution in [-0.4, -0.2) is 9.13 Å². The quantitative estimate of drug-likeness (QED) is 0.171. The van der Waals surface area contributed by atoms with E-state index in [0.29, 0.717) is 9.13 Å². The van der Waals surface area contributed by atoms with Gasteiger partial charge in [0.15, 0.2) is 0 Å². The summed E-state index contributed by atoms with van der Waals surface area (Å²) >= 11 is 0. The first-order chi connectivity index (χ1) is 38.1. The summed E-state index contributed by atoms with van der Waals surface area (Å²) in [5.41, 5.74) is -9.41. The first kappa shape index (κ1) is 11.7. The van der Waals surface area contributed by atoms with Gasteiger partial charge in [-0.15, -0.1) is 0 Å². The smallest absolute Gasteiger partial charge is 0.0651 e. The van der Waals surface area contributed by atoms with Gasteiger partial charge in [0.05, 0.1) is 64.6 Å². The lowest BCUT2D eigenvalue weighted by Gasteiger charge is -2.12. The van der Waals surface area contributed by atoms with E-state index in [4.69, 9.17) is 23.3 Å². The predicted octanol–water partition coefficient (Wildman–Crippen LogP) is 13.2. The zero-order valence-electron chi connectivity index (χ0n) is 56.9. The molecule has 8 aromatic carbocycles. The van der Waals surface area contributed by atoms with E-state index < -0.39 is 276 Å². The number of hydrogen-bond acceptors (Lipinski definition) is 0. The SMILES string of the molecule is [2H]c1c([2H])c([2H])c(-c2c([2H])c([2H])c(-n3c4c([2H])c([2H])c([2H])c([2H])c4c4c5c6c([2H])c([2H])c([2H])c([2H])c6n(-c6c([2H])c([2H])c([2H])c(-c7c([2H])c([2H])c(-c8c([2H])c([2H])c(C)c([2H])c8[2H])c([2H])c7[2H])c6[2H])c5c([2H])c([2H])c43)c([2H])c2[2H])c([2H])c1[2H]. The fourth-order valence-electron chi connectivity index (χ4n) is 5.83. The van der Waals surface area contributed by atoms with Gasteiger partial charge in [-0.05, 0) is 88.6 Å². The van der Waals surface area contributed by atoms with E-state index in [1.54, 1.807) is 0 Å². The van der Waals surface area contributed by atoms with Gasteiger partial charge in [-0.2, -0.15) is 0 Å². The summed E-state index contributed by atoms with van der Waals surface area (Å²) in [7, 11) is 0. The molecule has 0 spiro atoms. The third-order valence-electron chi connectivity index (χ3n) is 8.05. The molecule has 2 aromatic heterocycles. The van der Waals surface area contributed by atoms with E-state index in [-0.39, 0.29) is 5.56 Å². The van der Waals surface area contributed by atoms with E-state index in [0.717, 1.165) is 0 Å². The summed E-state index contributed by atoms with van der Waals surface area (Å²) < 4.78 is 281. The van der Waals surface area contributed by atoms with Gasteiger partial charge in [-0.3, -0.25) is 0 Å². The molecule has 0 bridgehead atoms. The van der Waals surface area contributed by atoms with E-state index in [1.807, 2.05) is 0 Å². The van der Waals surface area contributed by atoms with Crippen LogP contribution in [-0.2, 0) is 0 Å². The molecule has 0 amide bonds. The molecule has 2 heterocycles. The molecule has 0 aliphatic carbocycles. The van der Waals surface area contributed by atoms with Crippen molar-refractivity contribution < 1.29 is 42.5 Å². The minimum atomic E-state index is -1.11. The van der Waals surface area contributed by atoms with Gasteiger partial charge >= 0.3 is 0 Å². The van der Waals surface area contributed by atoms with Crippen LogP contribution in [0.1, 0.15) is 48.1 Å². The Morgan fingerprint density at radius 2 is 0.765 bits per heavy atom. The molecule has 240 valence electrons. The standard InChI is InChI=1S/C49H34N2/c1-33-18-20-35(21-19-33)36-22-24-38(25-23-36)39-12-9-13-41(32-39)51-45-17-8-6-15-43(45)49-47(51)31-30-46-48(49)42-14-5-7-16-44(42)50(46)40-28-26-37(27-29-40)34-10-3-2-4-11-34/h2-32H,1H3/i2D,3D,4D,5D,6D,7D,8D,9D,10D,11D,12D,13D,14D,15D,16D,17D,18D,19D,20D,21D,22D,23D,24D,25D,26D,27D,28D,29D,30D,31D,32D. The van der Waals surface area contributed by atoms with E-state index in [2.05, 4.69) is 0 Å². The molecule has 2 nitrogen and oxygen atoms in total. The van der Waals surface area contributed by atoms with Crippen LogP contribution in [0.5, 0.6) is 0 Å². The van der Waals surface area contributed by atoms with Gasteiger partial charge in [-0.25, -0.2) is 0 Å². The van der Waals surface area contributed by atoms with Crippen LogP contribution in [0.15, 0.2) is 187 Å². The molecule has 0 saturated carbocycles. The summed E-state index contributed by atoms with van der Waals surface area (Å²) in [5.74, 6) is 0. The second-order valence-electron chi connectivity index (χ2n) is 11.0. The molecule has 0 saturated heterocycles. The first-order valence-electron chi connectivity index (χ1n) is 30.6. The van der Waals surface area contributed by atoms with Gasteiger partial charge in [-0.1, -0.05) is 145 Å². The monoisotopic (exact) mass is 681 g/mol. The van der Waals surface area contributed by atoms with E-state index >= 15 is 0 Å². The van der Waals surface area contributed by atoms with Crippen LogP contribution in [0.2, 0.25) is 0 Å². The summed E-state index contributed by atoms with van der Waals surface area (Å²) in [6.07, 6.45) is 0. The van der Waals surface area contributed by atoms with Crippen LogP contribution < -0.4 is 0 Å². The Balaban J connectivity index is 1.42. The average Bonchev–Trinajstić information content (AvgIpc) is 4.21. The van der Waals surface area contributed by atoms with Crippen LogP contribution in [0.4, 0.5) is 0 Å². The number of nitrogens with zero attached hydrogens (tertiary/aromatic N) is 2. The highest BCUT2D eigenvalue weighted by Gasteiger charge is 2.20. The Kier molecular flexibility index (Phi) is 2.70. The molecule has 0 N–H and O–H groups in total. The second-order valence-corrected chi connectivity index (χ2v) is 11.0. The Hall–Kier alpha value is -6.64. The summed E-state index contributed by atoms with van der Waals surface area (Å²) in [6.45, 7) is 1.30. The molecular formula is C49H34N2. The number of rotatable bonds is 5. The molecule has 10 aromatic rings. The van der Waals surface area contributed by atoms with Crippen molar-refractivity contribution in [3.8, 4) is 44.8 Å². The molecule has 51 heavy (non-hydrogen) atoms. The second kappa shape index (κ2) is 11.8. The Labute approximate surface area is 340 Å².